The van der Waals surface area contributed by atoms with E-state index in [0.717, 1.165) is 19.3 Å². The van der Waals surface area contributed by atoms with Crippen LogP contribution in [-0.2, 0) is 0 Å². The third-order valence-corrected chi connectivity index (χ3v) is 6.13. The Bertz CT molecular complexity index is 426. The maximum atomic E-state index is 14.8. The van der Waals surface area contributed by atoms with Gasteiger partial charge in [-0.2, -0.15) is 11.8 Å². The minimum atomic E-state index is -4.94. The Kier molecular flexibility index (Phi) is 4.03. The number of fused-ring (bicyclic) bond motifs is 9. The molecule has 0 aromatic rings. The van der Waals surface area contributed by atoms with Gasteiger partial charge in [-0.25, -0.2) is 13.2 Å². The molecule has 0 aliphatic heterocycles. The molecule has 0 amide bonds. The Balaban J connectivity index is 0. The zero-order valence-electron chi connectivity index (χ0n) is 13.9. The van der Waals surface area contributed by atoms with E-state index < -0.39 is 23.9 Å². The summed E-state index contributed by atoms with van der Waals surface area (Å²) in [4.78, 5) is 0. The average molecular weight is 1610 g/mol. The van der Waals surface area contributed by atoms with Crippen molar-refractivity contribution in [3.8, 4) is 0 Å². The van der Waals surface area contributed by atoms with Crippen LogP contribution < -0.4 is 0 Å². The third kappa shape index (κ3) is 1.60. The largest absolute Gasteiger partial charge is 0.551 e. The first-order valence-electron chi connectivity index (χ1n) is 7.00. The predicted octanol–water partition coefficient (Wildman–Crippen LogP) is 3.68. The average Bonchev–Trinajstić information content (AvgIpc) is 3.02. The summed E-state index contributed by atoms with van der Waals surface area (Å²) in [7, 11) is 0. The van der Waals surface area contributed by atoms with Crippen LogP contribution in [-0.4, -0.2) is 17.0 Å². The number of alkyl halides is 4. The van der Waals surface area contributed by atoms with Gasteiger partial charge in [0.15, 0.2) is 0 Å². The minimum Gasteiger partial charge on any atom is -0.551 e. The molecule has 7 unspecified atom stereocenters. The van der Waals surface area contributed by atoms with Gasteiger partial charge in [0.1, 0.15) is 0 Å². The van der Waals surface area contributed by atoms with Gasteiger partial charge in [0.2, 0.25) is 0 Å². The van der Waals surface area contributed by atoms with Crippen LogP contribution in [0.15, 0.2) is 0 Å². The number of hydrogen-bond donors (Lipinski definition) is 1. The van der Waals surface area contributed by atoms with Crippen molar-refractivity contribution in [3.05, 3.63) is 12.5 Å². The summed E-state index contributed by atoms with van der Waals surface area (Å²) in [5.74, 6) is 0.580. The van der Waals surface area contributed by atoms with Crippen LogP contribution in [0.2, 0.25) is 0 Å². The topological polar surface area (TPSA) is 20.2 Å². The second kappa shape index (κ2) is 4.61. The molecule has 118 valence electrons. The maximum absolute atomic E-state index is 14.8. The van der Waals surface area contributed by atoms with Crippen LogP contribution in [0.3, 0.4) is 0 Å². The van der Waals surface area contributed by atoms with E-state index in [-0.39, 0.29) is 18.3 Å². The van der Waals surface area contributed by atoms with Crippen molar-refractivity contribution in [1.82, 2.24) is 0 Å². The zero-order chi connectivity index (χ0) is 13.6. The second-order valence-electron chi connectivity index (χ2n) is 6.78. The van der Waals surface area contributed by atoms with Crippen LogP contribution in [0, 0.1) is 48.0 Å². The van der Waals surface area contributed by atoms with Crippen molar-refractivity contribution in [3.63, 3.8) is 0 Å². The number of aliphatic hydroxyl groups is 1. The van der Waals surface area contributed by atoms with Crippen LogP contribution in [0.25, 0.3) is 0 Å². The van der Waals surface area contributed by atoms with Gasteiger partial charge in [-0.3, -0.25) is 4.39 Å². The third-order valence-electron chi connectivity index (χ3n) is 6.13. The molecular weight excluding hydrogens is 1600 g/mol. The summed E-state index contributed by atoms with van der Waals surface area (Å²) in [6.07, 6.45) is -2.01. The van der Waals surface area contributed by atoms with E-state index in [9.17, 15) is 22.7 Å². The first-order chi connectivity index (χ1) is 8.82. The number of rotatable bonds is 1. The second-order valence-corrected chi connectivity index (χ2v) is 6.78. The standard InChI is InChI=1S/C14H16F4O.5Rf/c15-13(12(19)14(16,17)18)5-8-4-9(13)11-7-2-1-6(3-7)10(8)11;;;;;/h4,6-11,19H,1-3,5H2;;;;;/q-2;;;;;. The molecule has 0 spiro atoms. The summed E-state index contributed by atoms with van der Waals surface area (Å²) in [6, 6.07) is 0. The minimum absolute atomic E-state index is 0. The van der Waals surface area contributed by atoms with E-state index in [4.69, 9.17) is 0 Å². The smallest absolute Gasteiger partial charge is 0.297 e. The van der Waals surface area contributed by atoms with Gasteiger partial charge in [-0.05, 0) is 36.8 Å². The van der Waals surface area contributed by atoms with Gasteiger partial charge in [-0.1, -0.05) is 24.4 Å². The van der Waals surface area contributed by atoms with Gasteiger partial charge in [0.05, 0.1) is 0 Å². The molecule has 0 aromatic heterocycles. The van der Waals surface area contributed by atoms with Gasteiger partial charge >= 0.3 is 0 Å². The Hall–Kier alpha value is -5.32. The number of hydrogen-bond acceptors (Lipinski definition) is 1. The summed E-state index contributed by atoms with van der Waals surface area (Å²) >= 11 is 0. The van der Waals surface area contributed by atoms with E-state index in [1.165, 1.54) is 0 Å². The molecule has 10 heteroatoms. The van der Waals surface area contributed by atoms with Gasteiger partial charge in [-0.15, -0.1) is 0 Å². The van der Waals surface area contributed by atoms with Crippen LogP contribution in [0.5, 0.6) is 0 Å². The van der Waals surface area contributed by atoms with Gasteiger partial charge in [0.25, 0.3) is 6.18 Å². The van der Waals surface area contributed by atoms with Crippen molar-refractivity contribution in [1.29, 1.82) is 0 Å². The first kappa shape index (κ1) is 21.0. The molecule has 0 radical (unpaired) electrons. The van der Waals surface area contributed by atoms with E-state index in [2.05, 4.69) is 0 Å². The van der Waals surface area contributed by atoms with Crippen molar-refractivity contribution >= 4 is 0 Å². The Morgan fingerprint density at radius 2 is 1.46 bits per heavy atom. The van der Waals surface area contributed by atoms with Crippen molar-refractivity contribution in [2.24, 2.45) is 35.5 Å². The van der Waals surface area contributed by atoms with E-state index >= 15 is 0 Å². The summed E-state index contributed by atoms with van der Waals surface area (Å²) in [6.45, 7) is 0. The molecule has 24 heavy (non-hydrogen) atoms. The fourth-order valence-corrected chi connectivity index (χ4v) is 5.70. The maximum Gasteiger partial charge on any atom is 0.297 e. The van der Waals surface area contributed by atoms with E-state index in [0.29, 0.717) is 17.8 Å². The molecule has 4 bridgehead atoms. The first-order valence-corrected chi connectivity index (χ1v) is 7.00. The van der Waals surface area contributed by atoms with E-state index in [1.54, 1.807) is 6.42 Å². The van der Waals surface area contributed by atoms with Crippen molar-refractivity contribution < 1.29 is 22.7 Å². The quantitative estimate of drug-likeness (QED) is 0.242. The number of halogens is 4. The Morgan fingerprint density at radius 3 is 1.96 bits per heavy atom. The van der Waals surface area contributed by atoms with Gasteiger partial charge < -0.3 is 11.5 Å². The molecule has 0 saturated heterocycles. The molecule has 0 aromatic carbocycles. The van der Waals surface area contributed by atoms with E-state index in [1.807, 2.05) is 0 Å². The Labute approximate surface area is 109 Å². The molecule has 4 fully saturated rings. The summed E-state index contributed by atoms with van der Waals surface area (Å²) in [5, 5.41) is 9.35. The molecule has 7 atom stereocenters. The molecule has 1 nitrogen and oxygen atoms in total. The fourth-order valence-electron chi connectivity index (χ4n) is 5.70. The summed E-state index contributed by atoms with van der Waals surface area (Å²) < 4.78 is 52.8. The number of aliphatic hydroxyl groups excluding tert-OH is 1. The summed E-state index contributed by atoms with van der Waals surface area (Å²) in [5.41, 5.74) is -2.56. The SMILES string of the molecule is O[C-](C(F)(F)F)C1(F)CC2[CH-]C1C1C3CCC(C3)C21.[Rf].[Rf].[Rf].[Rf].[Rf]. The normalized spacial score (nSPS) is 43.8. The fraction of sp³-hybridized carbons (Fsp3) is 0.857. The van der Waals surface area contributed by atoms with Crippen LogP contribution in [0.4, 0.5) is 17.6 Å². The molecule has 4 aliphatic carbocycles. The molecular formula is C14H16F4ORf5-2. The van der Waals surface area contributed by atoms with Crippen molar-refractivity contribution in [2.45, 2.75) is 37.5 Å². The molecule has 4 aliphatic rings. The molecule has 1 N–H and O–H groups in total. The molecule has 4 rings (SSSR count). The van der Waals surface area contributed by atoms with Crippen molar-refractivity contribution in [2.75, 3.05) is 0 Å². The molecule has 4 saturated carbocycles. The Morgan fingerprint density at radius 1 is 0.958 bits per heavy atom. The molecule has 0 heterocycles. The predicted molar refractivity (Wildman–Crippen MR) is 58.8 cm³/mol. The zero-order valence-corrected chi connectivity index (χ0v) is 45.9. The van der Waals surface area contributed by atoms with Crippen LogP contribution >= 0.6 is 0 Å². The van der Waals surface area contributed by atoms with Crippen LogP contribution in [0.1, 0.15) is 25.7 Å². The monoisotopic (exact) mass is 1610 g/mol. The van der Waals surface area contributed by atoms with Gasteiger partial charge in [0, 0.05) is 0 Å².